The number of rotatable bonds is 7. The SMILES string of the molecule is CCNCc1cc(Br)cc(C)c1OCCC(C)(C)C#N. The average Bonchev–Trinajstić information content (AvgIpc) is 2.38. The lowest BCUT2D eigenvalue weighted by Crippen LogP contribution is -2.16. The first-order chi connectivity index (χ1) is 9.39. The summed E-state index contributed by atoms with van der Waals surface area (Å²) in [6, 6.07) is 6.44. The van der Waals surface area contributed by atoms with Crippen LogP contribution in [0.2, 0.25) is 0 Å². The third-order valence-corrected chi connectivity index (χ3v) is 3.62. The number of nitrogens with zero attached hydrogens (tertiary/aromatic N) is 1. The van der Waals surface area contributed by atoms with Crippen LogP contribution in [-0.4, -0.2) is 13.2 Å². The minimum absolute atomic E-state index is 0.342. The molecule has 4 heteroatoms. The summed E-state index contributed by atoms with van der Waals surface area (Å²) in [6.07, 6.45) is 0.722. The van der Waals surface area contributed by atoms with Crippen molar-refractivity contribution >= 4 is 15.9 Å². The summed E-state index contributed by atoms with van der Waals surface area (Å²) in [5, 5.41) is 12.4. The van der Waals surface area contributed by atoms with Gasteiger partial charge in [-0.2, -0.15) is 5.26 Å². The summed E-state index contributed by atoms with van der Waals surface area (Å²) < 4.78 is 7.01. The molecule has 0 aliphatic heterocycles. The van der Waals surface area contributed by atoms with Gasteiger partial charge in [0, 0.05) is 16.6 Å². The van der Waals surface area contributed by atoms with Crippen LogP contribution in [0.3, 0.4) is 0 Å². The highest BCUT2D eigenvalue weighted by Gasteiger charge is 2.17. The zero-order valence-electron chi connectivity index (χ0n) is 12.7. The largest absolute Gasteiger partial charge is 0.493 e. The van der Waals surface area contributed by atoms with Gasteiger partial charge < -0.3 is 10.1 Å². The van der Waals surface area contributed by atoms with E-state index in [4.69, 9.17) is 10.00 Å². The molecule has 0 saturated carbocycles. The monoisotopic (exact) mass is 338 g/mol. The fraction of sp³-hybridized carbons (Fsp3) is 0.562. The summed E-state index contributed by atoms with van der Waals surface area (Å²) in [5.41, 5.74) is 1.92. The van der Waals surface area contributed by atoms with Crippen molar-refractivity contribution in [3.63, 3.8) is 0 Å². The molecule has 0 fully saturated rings. The molecule has 0 unspecified atom stereocenters. The van der Waals surface area contributed by atoms with E-state index in [2.05, 4.69) is 46.4 Å². The van der Waals surface area contributed by atoms with Gasteiger partial charge in [-0.1, -0.05) is 22.9 Å². The quantitative estimate of drug-likeness (QED) is 0.810. The summed E-state index contributed by atoms with van der Waals surface area (Å²) in [4.78, 5) is 0. The number of hydrogen-bond donors (Lipinski definition) is 1. The van der Waals surface area contributed by atoms with E-state index < -0.39 is 0 Å². The van der Waals surface area contributed by atoms with Crippen molar-refractivity contribution in [3.8, 4) is 11.8 Å². The van der Waals surface area contributed by atoms with Crippen LogP contribution in [0.4, 0.5) is 0 Å². The Kier molecular flexibility index (Phi) is 6.51. The molecule has 1 rings (SSSR count). The average molecular weight is 339 g/mol. The van der Waals surface area contributed by atoms with Crippen molar-refractivity contribution in [2.45, 2.75) is 40.7 Å². The standard InChI is InChI=1S/C16H23BrN2O/c1-5-19-10-13-9-14(17)8-12(2)15(13)20-7-6-16(3,4)11-18/h8-9,19H,5-7,10H2,1-4H3. The minimum atomic E-state index is -0.342. The molecule has 0 aromatic heterocycles. The van der Waals surface area contributed by atoms with Crippen LogP contribution >= 0.6 is 15.9 Å². The van der Waals surface area contributed by atoms with Crippen molar-refractivity contribution in [1.82, 2.24) is 5.32 Å². The van der Waals surface area contributed by atoms with E-state index in [0.717, 1.165) is 40.9 Å². The first-order valence-electron chi connectivity index (χ1n) is 6.93. The smallest absolute Gasteiger partial charge is 0.126 e. The van der Waals surface area contributed by atoms with Crippen LogP contribution in [-0.2, 0) is 6.54 Å². The van der Waals surface area contributed by atoms with E-state index in [0.29, 0.717) is 6.61 Å². The lowest BCUT2D eigenvalue weighted by molar-refractivity contribution is 0.260. The first-order valence-corrected chi connectivity index (χ1v) is 7.72. The van der Waals surface area contributed by atoms with E-state index in [1.165, 1.54) is 0 Å². The first kappa shape index (κ1) is 17.0. The predicted molar refractivity (Wildman–Crippen MR) is 85.8 cm³/mol. The van der Waals surface area contributed by atoms with Gasteiger partial charge in [-0.05, 0) is 51.4 Å². The molecule has 0 saturated heterocycles. The molecule has 20 heavy (non-hydrogen) atoms. The fourth-order valence-electron chi connectivity index (χ4n) is 1.86. The Hall–Kier alpha value is -1.05. The lowest BCUT2D eigenvalue weighted by atomic mass is 9.92. The molecule has 1 aromatic rings. The molecule has 0 aliphatic rings. The third kappa shape index (κ3) is 5.15. The number of hydrogen-bond acceptors (Lipinski definition) is 3. The maximum Gasteiger partial charge on any atom is 0.126 e. The molecular formula is C16H23BrN2O. The molecule has 0 bridgehead atoms. The van der Waals surface area contributed by atoms with E-state index >= 15 is 0 Å². The van der Waals surface area contributed by atoms with Crippen LogP contribution in [0.25, 0.3) is 0 Å². The van der Waals surface area contributed by atoms with E-state index in [1.807, 2.05) is 20.8 Å². The van der Waals surface area contributed by atoms with Crippen LogP contribution in [0.15, 0.2) is 16.6 Å². The summed E-state index contributed by atoms with van der Waals surface area (Å²) in [6.45, 7) is 10.3. The van der Waals surface area contributed by atoms with E-state index in [9.17, 15) is 0 Å². The van der Waals surface area contributed by atoms with Crippen molar-refractivity contribution in [2.24, 2.45) is 5.41 Å². The van der Waals surface area contributed by atoms with Gasteiger partial charge in [0.1, 0.15) is 5.75 Å². The maximum absolute atomic E-state index is 9.03. The Morgan fingerprint density at radius 1 is 1.40 bits per heavy atom. The molecule has 3 nitrogen and oxygen atoms in total. The highest BCUT2D eigenvalue weighted by molar-refractivity contribution is 9.10. The Bertz CT molecular complexity index is 492. The van der Waals surface area contributed by atoms with Crippen molar-refractivity contribution in [3.05, 3.63) is 27.7 Å². The number of nitriles is 1. The molecule has 1 N–H and O–H groups in total. The zero-order valence-corrected chi connectivity index (χ0v) is 14.3. The topological polar surface area (TPSA) is 45.0 Å². The van der Waals surface area contributed by atoms with Crippen LogP contribution in [0.5, 0.6) is 5.75 Å². The molecule has 0 atom stereocenters. The van der Waals surface area contributed by atoms with Gasteiger partial charge in [0.05, 0.1) is 18.1 Å². The van der Waals surface area contributed by atoms with Gasteiger partial charge in [-0.25, -0.2) is 0 Å². The normalized spacial score (nSPS) is 11.2. The number of nitrogens with one attached hydrogen (secondary N) is 1. The lowest BCUT2D eigenvalue weighted by Gasteiger charge is -2.19. The van der Waals surface area contributed by atoms with Gasteiger partial charge in [-0.3, -0.25) is 0 Å². The van der Waals surface area contributed by atoms with Crippen molar-refractivity contribution < 1.29 is 4.74 Å². The number of benzene rings is 1. The molecule has 0 aliphatic carbocycles. The third-order valence-electron chi connectivity index (χ3n) is 3.16. The Balaban J connectivity index is 2.80. The molecule has 0 radical (unpaired) electrons. The van der Waals surface area contributed by atoms with Gasteiger partial charge >= 0.3 is 0 Å². The van der Waals surface area contributed by atoms with E-state index in [1.54, 1.807) is 0 Å². The Labute approximate surface area is 130 Å². The Morgan fingerprint density at radius 3 is 2.70 bits per heavy atom. The van der Waals surface area contributed by atoms with Gasteiger partial charge in [-0.15, -0.1) is 0 Å². The van der Waals surface area contributed by atoms with Gasteiger partial charge in [0.25, 0.3) is 0 Å². The van der Waals surface area contributed by atoms with Crippen molar-refractivity contribution in [1.29, 1.82) is 5.26 Å². The summed E-state index contributed by atoms with van der Waals surface area (Å²) >= 11 is 3.52. The van der Waals surface area contributed by atoms with Crippen molar-refractivity contribution in [2.75, 3.05) is 13.2 Å². The van der Waals surface area contributed by atoms with Crippen LogP contribution < -0.4 is 10.1 Å². The summed E-state index contributed by atoms with van der Waals surface area (Å²) in [5.74, 6) is 0.933. The second-order valence-electron chi connectivity index (χ2n) is 5.59. The van der Waals surface area contributed by atoms with Gasteiger partial charge in [0.2, 0.25) is 0 Å². The number of ether oxygens (including phenoxy) is 1. The second kappa shape index (κ2) is 7.66. The molecule has 0 spiro atoms. The molecular weight excluding hydrogens is 316 g/mol. The second-order valence-corrected chi connectivity index (χ2v) is 6.50. The summed E-state index contributed by atoms with van der Waals surface area (Å²) in [7, 11) is 0. The highest BCUT2D eigenvalue weighted by Crippen LogP contribution is 2.29. The van der Waals surface area contributed by atoms with E-state index in [-0.39, 0.29) is 5.41 Å². The molecule has 1 aromatic carbocycles. The Morgan fingerprint density at radius 2 is 2.10 bits per heavy atom. The minimum Gasteiger partial charge on any atom is -0.493 e. The van der Waals surface area contributed by atoms with Gasteiger partial charge in [0.15, 0.2) is 0 Å². The zero-order chi connectivity index (χ0) is 15.2. The fourth-order valence-corrected chi connectivity index (χ4v) is 2.48. The van der Waals surface area contributed by atoms with Crippen LogP contribution in [0, 0.1) is 23.7 Å². The molecule has 0 heterocycles. The molecule has 0 amide bonds. The predicted octanol–water partition coefficient (Wildman–Crippen LogP) is 4.19. The number of halogens is 1. The maximum atomic E-state index is 9.03. The number of aryl methyl sites for hydroxylation is 1. The molecule has 110 valence electrons. The van der Waals surface area contributed by atoms with Crippen LogP contribution in [0.1, 0.15) is 38.3 Å². The highest BCUT2D eigenvalue weighted by atomic mass is 79.9.